The maximum atomic E-state index is 10.5. The van der Waals surface area contributed by atoms with Crippen LogP contribution >= 0.6 is 0 Å². The second kappa shape index (κ2) is 5.54. The molecule has 118 valence electrons. The first-order chi connectivity index (χ1) is 10.8. The van der Waals surface area contributed by atoms with Crippen molar-refractivity contribution in [3.8, 4) is 0 Å². The lowest BCUT2D eigenvalue weighted by Gasteiger charge is -2.38. The summed E-state index contributed by atoms with van der Waals surface area (Å²) in [6, 6.07) is 2.57. The summed E-state index contributed by atoms with van der Waals surface area (Å²) in [6.45, 7) is 1.07. The monoisotopic (exact) mass is 300 g/mol. The molecule has 1 aliphatic carbocycles. The van der Waals surface area contributed by atoms with Crippen LogP contribution in [0.15, 0.2) is 18.5 Å². The summed E-state index contributed by atoms with van der Waals surface area (Å²) in [4.78, 5) is 6.95. The van der Waals surface area contributed by atoms with Crippen molar-refractivity contribution < 1.29 is 5.11 Å². The third kappa shape index (κ3) is 2.19. The number of fused-ring (bicyclic) bond motifs is 1. The van der Waals surface area contributed by atoms with Crippen LogP contribution in [0, 0.1) is 5.92 Å². The van der Waals surface area contributed by atoms with Gasteiger partial charge in [0.2, 0.25) is 0 Å². The van der Waals surface area contributed by atoms with Gasteiger partial charge in [-0.15, -0.1) is 0 Å². The first-order valence-electron chi connectivity index (χ1n) is 8.47. The van der Waals surface area contributed by atoms with Gasteiger partial charge in [0, 0.05) is 31.7 Å². The Morgan fingerprint density at radius 1 is 1.18 bits per heavy atom. The Morgan fingerprint density at radius 2 is 2.05 bits per heavy atom. The van der Waals surface area contributed by atoms with E-state index in [0.29, 0.717) is 12.0 Å². The normalized spacial score (nSPS) is 29.4. The highest BCUT2D eigenvalue weighted by Crippen LogP contribution is 2.38. The third-order valence-electron chi connectivity index (χ3n) is 5.50. The predicted molar refractivity (Wildman–Crippen MR) is 86.8 cm³/mol. The summed E-state index contributed by atoms with van der Waals surface area (Å²) in [5.41, 5.74) is 2.17. The minimum absolute atomic E-state index is 0.134. The summed E-state index contributed by atoms with van der Waals surface area (Å²) in [6.07, 6.45) is 10.6. The van der Waals surface area contributed by atoms with E-state index in [1.807, 2.05) is 24.1 Å². The molecule has 2 aromatic heterocycles. The van der Waals surface area contributed by atoms with Crippen molar-refractivity contribution in [2.24, 2.45) is 13.0 Å². The van der Waals surface area contributed by atoms with Gasteiger partial charge in [0.15, 0.2) is 5.65 Å². The van der Waals surface area contributed by atoms with Crippen molar-refractivity contribution in [1.82, 2.24) is 14.8 Å². The van der Waals surface area contributed by atoms with Gasteiger partial charge >= 0.3 is 0 Å². The largest absolute Gasteiger partial charge is 0.393 e. The number of aryl methyl sites for hydroxylation is 1. The molecule has 0 spiro atoms. The molecule has 1 saturated heterocycles. The molecule has 22 heavy (non-hydrogen) atoms. The Bertz CT molecular complexity index is 668. The Kier molecular flexibility index (Phi) is 3.53. The lowest BCUT2D eigenvalue weighted by atomic mass is 9.80. The lowest BCUT2D eigenvalue weighted by Crippen LogP contribution is -2.42. The zero-order valence-corrected chi connectivity index (χ0v) is 13.1. The van der Waals surface area contributed by atoms with Crippen LogP contribution in [0.2, 0.25) is 0 Å². The van der Waals surface area contributed by atoms with Crippen molar-refractivity contribution in [2.75, 3.05) is 11.4 Å². The minimum Gasteiger partial charge on any atom is -0.393 e. The lowest BCUT2D eigenvalue weighted by molar-refractivity contribution is 0.0566. The minimum atomic E-state index is -0.134. The Labute approximate surface area is 130 Å². The number of pyridine rings is 1. The molecule has 5 heteroatoms. The zero-order chi connectivity index (χ0) is 15.1. The van der Waals surface area contributed by atoms with Crippen LogP contribution < -0.4 is 4.90 Å². The summed E-state index contributed by atoms with van der Waals surface area (Å²) in [5, 5.41) is 15.9. The highest BCUT2D eigenvalue weighted by atomic mass is 16.3. The van der Waals surface area contributed by atoms with E-state index in [2.05, 4.69) is 21.0 Å². The van der Waals surface area contributed by atoms with Crippen molar-refractivity contribution in [3.05, 3.63) is 18.5 Å². The van der Waals surface area contributed by atoms with Crippen LogP contribution in [0.25, 0.3) is 11.0 Å². The average Bonchev–Trinajstić information content (AvgIpc) is 3.15. The first kappa shape index (κ1) is 14.0. The van der Waals surface area contributed by atoms with Gasteiger partial charge in [-0.05, 0) is 31.7 Å². The van der Waals surface area contributed by atoms with E-state index < -0.39 is 0 Å². The van der Waals surface area contributed by atoms with Crippen LogP contribution in [-0.4, -0.2) is 38.6 Å². The number of anilines is 1. The molecule has 5 nitrogen and oxygen atoms in total. The van der Waals surface area contributed by atoms with E-state index >= 15 is 0 Å². The van der Waals surface area contributed by atoms with Gasteiger partial charge in [-0.1, -0.05) is 12.8 Å². The quantitative estimate of drug-likeness (QED) is 0.926. The van der Waals surface area contributed by atoms with E-state index in [-0.39, 0.29) is 6.10 Å². The van der Waals surface area contributed by atoms with Gasteiger partial charge in [0.1, 0.15) is 0 Å². The second-order valence-electron chi connectivity index (χ2n) is 6.75. The molecule has 0 aromatic carbocycles. The molecule has 2 fully saturated rings. The number of rotatable bonds is 2. The Balaban J connectivity index is 1.70. The van der Waals surface area contributed by atoms with Gasteiger partial charge in [0.25, 0.3) is 0 Å². The van der Waals surface area contributed by atoms with Crippen LogP contribution in [0.4, 0.5) is 5.69 Å². The maximum Gasteiger partial charge on any atom is 0.159 e. The third-order valence-corrected chi connectivity index (χ3v) is 5.50. The van der Waals surface area contributed by atoms with Crippen molar-refractivity contribution in [3.63, 3.8) is 0 Å². The molecular formula is C17H24N4O. The van der Waals surface area contributed by atoms with E-state index in [1.165, 1.54) is 31.4 Å². The molecule has 0 amide bonds. The average molecular weight is 300 g/mol. The van der Waals surface area contributed by atoms with Gasteiger partial charge in [0.05, 0.1) is 23.4 Å². The highest BCUT2D eigenvalue weighted by molar-refractivity contribution is 5.89. The van der Waals surface area contributed by atoms with E-state index in [4.69, 9.17) is 0 Å². The molecule has 1 N–H and O–H groups in total. The van der Waals surface area contributed by atoms with Gasteiger partial charge < -0.3 is 10.0 Å². The van der Waals surface area contributed by atoms with Crippen LogP contribution in [0.5, 0.6) is 0 Å². The number of aliphatic hydroxyl groups is 1. The fraction of sp³-hybridized carbons (Fsp3) is 0.647. The molecule has 1 aliphatic heterocycles. The number of nitrogens with zero attached hydrogens (tertiary/aromatic N) is 4. The van der Waals surface area contributed by atoms with Gasteiger partial charge in [-0.25, -0.2) is 4.98 Å². The van der Waals surface area contributed by atoms with Crippen LogP contribution in [0.3, 0.4) is 0 Å². The van der Waals surface area contributed by atoms with Crippen LogP contribution in [0.1, 0.15) is 38.5 Å². The van der Waals surface area contributed by atoms with E-state index in [9.17, 15) is 5.11 Å². The van der Waals surface area contributed by atoms with E-state index in [1.54, 1.807) is 0 Å². The molecule has 2 aliphatic rings. The van der Waals surface area contributed by atoms with Gasteiger partial charge in [-0.2, -0.15) is 5.10 Å². The molecule has 1 saturated carbocycles. The summed E-state index contributed by atoms with van der Waals surface area (Å²) < 4.78 is 1.83. The predicted octanol–water partition coefficient (Wildman–Crippen LogP) is 2.49. The fourth-order valence-electron chi connectivity index (χ4n) is 4.41. The SMILES string of the molecule is Cn1ncc2c(N3CCC[C@@H]3[C@@H]3CCCC[C@H]3O)ccnc21. The fourth-order valence-corrected chi connectivity index (χ4v) is 4.41. The molecule has 0 bridgehead atoms. The van der Waals surface area contributed by atoms with Crippen molar-refractivity contribution in [1.29, 1.82) is 0 Å². The molecule has 0 radical (unpaired) electrons. The second-order valence-corrected chi connectivity index (χ2v) is 6.75. The first-order valence-corrected chi connectivity index (χ1v) is 8.47. The molecule has 3 atom stereocenters. The number of hydrogen-bond donors (Lipinski definition) is 1. The standard InChI is InChI=1S/C17H24N4O/c1-20-17-13(11-19-20)15(8-9-18-17)21-10-4-6-14(21)12-5-2-3-7-16(12)22/h8-9,11-12,14,16,22H,2-7,10H2,1H3/t12-,14+,16+/m0/s1. The van der Waals surface area contributed by atoms with Crippen molar-refractivity contribution in [2.45, 2.75) is 50.7 Å². The highest BCUT2D eigenvalue weighted by Gasteiger charge is 2.37. The van der Waals surface area contributed by atoms with Gasteiger partial charge in [-0.3, -0.25) is 4.68 Å². The van der Waals surface area contributed by atoms with Crippen molar-refractivity contribution >= 4 is 16.7 Å². The zero-order valence-electron chi connectivity index (χ0n) is 13.1. The molecule has 3 heterocycles. The molecule has 2 aromatic rings. The molecule has 0 unspecified atom stereocenters. The Morgan fingerprint density at radius 3 is 2.91 bits per heavy atom. The number of aromatic nitrogens is 3. The van der Waals surface area contributed by atoms with E-state index in [0.717, 1.165) is 30.4 Å². The molecule has 4 rings (SSSR count). The summed E-state index contributed by atoms with van der Waals surface area (Å²) in [7, 11) is 1.94. The van der Waals surface area contributed by atoms with Crippen LogP contribution in [-0.2, 0) is 7.05 Å². The molecular weight excluding hydrogens is 276 g/mol. The Hall–Kier alpha value is -1.62. The number of aliphatic hydroxyl groups excluding tert-OH is 1. The maximum absolute atomic E-state index is 10.5. The smallest absolute Gasteiger partial charge is 0.159 e. The summed E-state index contributed by atoms with van der Waals surface area (Å²) in [5.74, 6) is 0.413. The topological polar surface area (TPSA) is 54.2 Å². The summed E-state index contributed by atoms with van der Waals surface area (Å²) >= 11 is 0. The number of hydrogen-bond acceptors (Lipinski definition) is 4.